The van der Waals surface area contributed by atoms with E-state index in [9.17, 15) is 4.79 Å². The number of nitrogens with one attached hydrogen (secondary N) is 1. The van der Waals surface area contributed by atoms with Gasteiger partial charge >= 0.3 is 0 Å². The maximum Gasteiger partial charge on any atom is 0.220 e. The van der Waals surface area contributed by atoms with Crippen molar-refractivity contribution in [1.82, 2.24) is 5.32 Å². The summed E-state index contributed by atoms with van der Waals surface area (Å²) in [6.07, 6.45) is 3.42. The first-order valence-electron chi connectivity index (χ1n) is 7.75. The van der Waals surface area contributed by atoms with Crippen LogP contribution >= 0.6 is 0 Å². The van der Waals surface area contributed by atoms with Crippen LogP contribution < -0.4 is 14.8 Å². The van der Waals surface area contributed by atoms with Crippen molar-refractivity contribution < 1.29 is 14.3 Å². The summed E-state index contributed by atoms with van der Waals surface area (Å²) >= 11 is 0. The van der Waals surface area contributed by atoms with E-state index in [1.807, 2.05) is 6.92 Å². The fourth-order valence-electron chi connectivity index (χ4n) is 3.31. The second-order valence-electron chi connectivity index (χ2n) is 6.42. The van der Waals surface area contributed by atoms with Gasteiger partial charge in [0.25, 0.3) is 0 Å². The molecular formula is C17H23NO3. The van der Waals surface area contributed by atoms with Crippen molar-refractivity contribution in [3.8, 4) is 11.5 Å². The molecule has 1 aromatic carbocycles. The molecular weight excluding hydrogens is 266 g/mol. The van der Waals surface area contributed by atoms with Crippen molar-refractivity contribution in [3.05, 3.63) is 23.3 Å². The van der Waals surface area contributed by atoms with Crippen LogP contribution in [0.3, 0.4) is 0 Å². The Labute approximate surface area is 125 Å². The molecule has 0 aliphatic carbocycles. The quantitative estimate of drug-likeness (QED) is 0.927. The van der Waals surface area contributed by atoms with Gasteiger partial charge in [-0.25, -0.2) is 0 Å². The molecule has 2 unspecified atom stereocenters. The first-order chi connectivity index (χ1) is 9.99. The fourth-order valence-corrected chi connectivity index (χ4v) is 3.31. The van der Waals surface area contributed by atoms with Crippen LogP contribution in [0.1, 0.15) is 44.7 Å². The molecule has 1 N–H and O–H groups in total. The molecule has 0 radical (unpaired) electrons. The van der Waals surface area contributed by atoms with E-state index in [4.69, 9.17) is 9.47 Å². The molecule has 21 heavy (non-hydrogen) atoms. The Hall–Kier alpha value is -1.71. The van der Waals surface area contributed by atoms with E-state index >= 15 is 0 Å². The number of benzene rings is 1. The van der Waals surface area contributed by atoms with E-state index < -0.39 is 0 Å². The van der Waals surface area contributed by atoms with E-state index in [1.54, 1.807) is 0 Å². The smallest absolute Gasteiger partial charge is 0.220 e. The van der Waals surface area contributed by atoms with Crippen LogP contribution in [-0.2, 0) is 17.6 Å². The molecule has 2 aliphatic rings. The summed E-state index contributed by atoms with van der Waals surface area (Å²) < 4.78 is 11.7. The van der Waals surface area contributed by atoms with Gasteiger partial charge in [0.2, 0.25) is 5.91 Å². The third-order valence-corrected chi connectivity index (χ3v) is 4.30. The number of carbonyl (C=O) groups excluding carboxylic acids is 1. The third kappa shape index (κ3) is 2.85. The number of hydrogen-bond acceptors (Lipinski definition) is 3. The number of fused-ring (bicyclic) bond motifs is 1. The number of ether oxygens (including phenoxy) is 2. The lowest BCUT2D eigenvalue weighted by Crippen LogP contribution is -2.40. The van der Waals surface area contributed by atoms with Crippen molar-refractivity contribution >= 4 is 5.91 Å². The van der Waals surface area contributed by atoms with Crippen LogP contribution in [0.2, 0.25) is 0 Å². The van der Waals surface area contributed by atoms with E-state index in [0.29, 0.717) is 13.0 Å². The van der Waals surface area contributed by atoms with Crippen molar-refractivity contribution in [2.75, 3.05) is 6.61 Å². The van der Waals surface area contributed by atoms with Crippen LogP contribution in [0, 0.1) is 0 Å². The van der Waals surface area contributed by atoms with Crippen LogP contribution in [0.5, 0.6) is 11.5 Å². The van der Waals surface area contributed by atoms with Gasteiger partial charge in [-0.3, -0.25) is 4.79 Å². The van der Waals surface area contributed by atoms with Crippen molar-refractivity contribution in [3.63, 3.8) is 0 Å². The summed E-state index contributed by atoms with van der Waals surface area (Å²) in [5.41, 5.74) is 2.16. The maximum absolute atomic E-state index is 11.5. The monoisotopic (exact) mass is 289 g/mol. The fraction of sp³-hybridized carbons (Fsp3) is 0.588. The normalized spacial score (nSPS) is 27.2. The Bertz CT molecular complexity index is 569. The number of hydrogen-bond donors (Lipinski definition) is 1. The molecule has 2 aliphatic heterocycles. The molecule has 1 saturated heterocycles. The molecule has 114 valence electrons. The number of amides is 1. The summed E-state index contributed by atoms with van der Waals surface area (Å²) in [6.45, 7) is 6.82. The zero-order valence-corrected chi connectivity index (χ0v) is 13.0. The predicted octanol–water partition coefficient (Wildman–Crippen LogP) is 2.62. The Kier molecular flexibility index (Phi) is 3.56. The van der Waals surface area contributed by atoms with E-state index in [2.05, 4.69) is 31.3 Å². The van der Waals surface area contributed by atoms with Crippen molar-refractivity contribution in [2.45, 2.75) is 58.1 Å². The van der Waals surface area contributed by atoms with E-state index in [0.717, 1.165) is 36.3 Å². The van der Waals surface area contributed by atoms with E-state index in [-0.39, 0.29) is 17.6 Å². The van der Waals surface area contributed by atoms with Gasteiger partial charge in [0.15, 0.2) is 0 Å². The molecule has 0 saturated carbocycles. The average Bonchev–Trinajstić information content (AvgIpc) is 2.92. The van der Waals surface area contributed by atoms with Crippen LogP contribution in [-0.4, -0.2) is 24.2 Å². The van der Waals surface area contributed by atoms with Gasteiger partial charge in [-0.05, 0) is 45.7 Å². The molecule has 2 heterocycles. The highest BCUT2D eigenvalue weighted by molar-refractivity contribution is 5.79. The second kappa shape index (κ2) is 5.24. The van der Waals surface area contributed by atoms with Crippen LogP contribution in [0.15, 0.2) is 12.1 Å². The number of carbonyl (C=O) groups is 1. The Morgan fingerprint density at radius 2 is 2.29 bits per heavy atom. The van der Waals surface area contributed by atoms with Gasteiger partial charge in [0.1, 0.15) is 17.6 Å². The summed E-state index contributed by atoms with van der Waals surface area (Å²) in [5.74, 6) is 2.03. The average molecular weight is 289 g/mol. The summed E-state index contributed by atoms with van der Waals surface area (Å²) in [7, 11) is 0. The lowest BCUT2D eigenvalue weighted by Gasteiger charge is -2.25. The predicted molar refractivity (Wildman–Crippen MR) is 80.9 cm³/mol. The summed E-state index contributed by atoms with van der Waals surface area (Å²) in [6, 6.07) is 4.21. The van der Waals surface area contributed by atoms with E-state index in [1.165, 1.54) is 5.56 Å². The summed E-state index contributed by atoms with van der Waals surface area (Å²) in [4.78, 5) is 11.5. The van der Waals surface area contributed by atoms with Crippen LogP contribution in [0.4, 0.5) is 0 Å². The lowest BCUT2D eigenvalue weighted by molar-refractivity contribution is -0.119. The highest BCUT2D eigenvalue weighted by Crippen LogP contribution is 2.37. The zero-order chi connectivity index (χ0) is 15.0. The van der Waals surface area contributed by atoms with Crippen LogP contribution in [0.25, 0.3) is 0 Å². The van der Waals surface area contributed by atoms with Gasteiger partial charge in [0.05, 0.1) is 6.61 Å². The Morgan fingerprint density at radius 1 is 1.48 bits per heavy atom. The minimum atomic E-state index is -0.179. The first-order valence-corrected chi connectivity index (χ1v) is 7.75. The molecule has 2 atom stereocenters. The molecule has 4 heteroatoms. The van der Waals surface area contributed by atoms with Gasteiger partial charge in [-0.2, -0.15) is 0 Å². The molecule has 1 fully saturated rings. The molecule has 4 nitrogen and oxygen atoms in total. The molecule has 3 rings (SSSR count). The Morgan fingerprint density at radius 3 is 2.95 bits per heavy atom. The minimum Gasteiger partial charge on any atom is -0.494 e. The highest BCUT2D eigenvalue weighted by Gasteiger charge is 2.34. The molecule has 1 amide bonds. The Balaban J connectivity index is 1.90. The van der Waals surface area contributed by atoms with Crippen molar-refractivity contribution in [1.29, 1.82) is 0 Å². The third-order valence-electron chi connectivity index (χ3n) is 4.30. The standard InChI is InChI=1S/C17H23NO3/c1-4-20-14-8-12-7-11(2)21-15(12)9-13(14)10-17(3)6-5-16(19)18-17/h8-9,11H,4-7,10H2,1-3H3,(H,18,19). The van der Waals surface area contributed by atoms with Crippen molar-refractivity contribution in [2.24, 2.45) is 0 Å². The SMILES string of the molecule is CCOc1cc2c(cc1CC1(C)CCC(=O)N1)OC(C)C2. The highest BCUT2D eigenvalue weighted by atomic mass is 16.5. The maximum atomic E-state index is 11.5. The molecule has 0 bridgehead atoms. The van der Waals surface area contributed by atoms with Gasteiger partial charge in [0, 0.05) is 29.5 Å². The molecule has 0 spiro atoms. The lowest BCUT2D eigenvalue weighted by atomic mass is 9.90. The van der Waals surface area contributed by atoms with Gasteiger partial charge in [-0.1, -0.05) is 0 Å². The molecule has 1 aromatic rings. The number of rotatable bonds is 4. The largest absolute Gasteiger partial charge is 0.494 e. The van der Waals surface area contributed by atoms with Gasteiger partial charge in [-0.15, -0.1) is 0 Å². The summed E-state index contributed by atoms with van der Waals surface area (Å²) in [5, 5.41) is 3.09. The minimum absolute atomic E-state index is 0.140. The first kappa shape index (κ1) is 14.2. The topological polar surface area (TPSA) is 47.6 Å². The second-order valence-corrected chi connectivity index (χ2v) is 6.42. The zero-order valence-electron chi connectivity index (χ0n) is 13.0. The van der Waals surface area contributed by atoms with Gasteiger partial charge < -0.3 is 14.8 Å². The molecule has 0 aromatic heterocycles.